The Morgan fingerprint density at radius 2 is 2.20 bits per heavy atom. The Morgan fingerprint density at radius 1 is 1.55 bits per heavy atom. The Labute approximate surface area is 113 Å². The molecule has 1 aromatic heterocycles. The predicted octanol–water partition coefficient (Wildman–Crippen LogP) is 1.72. The summed E-state index contributed by atoms with van der Waals surface area (Å²) in [4.78, 5) is 12.7. The summed E-state index contributed by atoms with van der Waals surface area (Å²) in [5, 5.41) is 0. The summed E-state index contributed by atoms with van der Waals surface area (Å²) < 4.78 is 42.8. The molecule has 1 heterocycles. The van der Waals surface area contributed by atoms with Crippen molar-refractivity contribution in [3.63, 3.8) is 0 Å². The fourth-order valence-corrected chi connectivity index (χ4v) is 2.06. The fraction of sp³-hybridized carbons (Fsp3) is 0.583. The largest absolute Gasteiger partial charge is 0.456 e. The van der Waals surface area contributed by atoms with E-state index in [1.165, 1.54) is 11.0 Å². The first-order valence-corrected chi connectivity index (χ1v) is 6.21. The molecule has 1 aromatic rings. The molecule has 0 spiro atoms. The zero-order valence-electron chi connectivity index (χ0n) is 11.0. The molecule has 0 bridgehead atoms. The van der Waals surface area contributed by atoms with Crippen molar-refractivity contribution >= 4 is 5.91 Å². The van der Waals surface area contributed by atoms with Crippen molar-refractivity contribution in [3.05, 3.63) is 23.2 Å². The molecule has 1 fully saturated rings. The second-order valence-electron chi connectivity index (χ2n) is 4.92. The van der Waals surface area contributed by atoms with Gasteiger partial charge in [-0.05, 0) is 25.8 Å². The molecule has 1 aliphatic carbocycles. The third-order valence-electron chi connectivity index (χ3n) is 3.19. The van der Waals surface area contributed by atoms with Crippen molar-refractivity contribution in [1.29, 1.82) is 0 Å². The van der Waals surface area contributed by atoms with E-state index < -0.39 is 18.6 Å². The molecule has 1 amide bonds. The number of rotatable bonds is 5. The number of hydrogen-bond acceptors (Lipinski definition) is 4. The maximum absolute atomic E-state index is 12.5. The van der Waals surface area contributed by atoms with Crippen LogP contribution in [0, 0.1) is 6.92 Å². The standard InChI is InChI=1S/C12H16F3N3O2/c1-7-8(4-10(20-7)11(19)17-16)5-18(9-2-3-9)6-12(13,14)15/h4,9H,2-3,5-6,16H2,1H3,(H,17,19). The van der Waals surface area contributed by atoms with Crippen molar-refractivity contribution in [2.24, 2.45) is 5.84 Å². The first-order valence-electron chi connectivity index (χ1n) is 6.21. The number of hydrazine groups is 1. The van der Waals surface area contributed by atoms with E-state index in [9.17, 15) is 18.0 Å². The number of amides is 1. The molecule has 0 aromatic carbocycles. The lowest BCUT2D eigenvalue weighted by Crippen LogP contribution is -2.35. The van der Waals surface area contributed by atoms with E-state index in [4.69, 9.17) is 10.3 Å². The number of hydrogen-bond donors (Lipinski definition) is 2. The highest BCUT2D eigenvalue weighted by molar-refractivity contribution is 5.91. The SMILES string of the molecule is Cc1oc(C(=O)NN)cc1CN(CC(F)(F)F)C1CC1. The number of furan rings is 1. The van der Waals surface area contributed by atoms with Crippen LogP contribution < -0.4 is 11.3 Å². The topological polar surface area (TPSA) is 71.5 Å². The molecule has 0 radical (unpaired) electrons. The normalized spacial score (nSPS) is 15.7. The zero-order valence-corrected chi connectivity index (χ0v) is 11.0. The van der Waals surface area contributed by atoms with Gasteiger partial charge in [-0.1, -0.05) is 0 Å². The average molecular weight is 291 g/mol. The maximum atomic E-state index is 12.5. The van der Waals surface area contributed by atoms with E-state index in [1.54, 1.807) is 6.92 Å². The third kappa shape index (κ3) is 3.73. The van der Waals surface area contributed by atoms with E-state index in [1.807, 2.05) is 5.43 Å². The van der Waals surface area contributed by atoms with E-state index >= 15 is 0 Å². The van der Waals surface area contributed by atoms with Crippen LogP contribution in [0.2, 0.25) is 0 Å². The zero-order chi connectivity index (χ0) is 14.9. The minimum atomic E-state index is -4.24. The highest BCUT2D eigenvalue weighted by Crippen LogP contribution is 2.32. The molecule has 112 valence electrons. The third-order valence-corrected chi connectivity index (χ3v) is 3.19. The van der Waals surface area contributed by atoms with E-state index in [-0.39, 0.29) is 18.3 Å². The second kappa shape index (κ2) is 5.45. The van der Waals surface area contributed by atoms with E-state index in [0.717, 1.165) is 12.8 Å². The van der Waals surface area contributed by atoms with Crippen molar-refractivity contribution in [1.82, 2.24) is 10.3 Å². The van der Waals surface area contributed by atoms with Crippen LogP contribution >= 0.6 is 0 Å². The lowest BCUT2D eigenvalue weighted by atomic mass is 10.2. The van der Waals surface area contributed by atoms with E-state index in [2.05, 4.69) is 0 Å². The van der Waals surface area contributed by atoms with E-state index in [0.29, 0.717) is 11.3 Å². The average Bonchev–Trinajstić information content (AvgIpc) is 3.12. The van der Waals surface area contributed by atoms with Crippen molar-refractivity contribution in [3.8, 4) is 0 Å². The summed E-state index contributed by atoms with van der Waals surface area (Å²) in [6, 6.07) is 1.39. The molecule has 0 unspecified atom stereocenters. The Hall–Kier alpha value is -1.54. The van der Waals surface area contributed by atoms with Crippen molar-refractivity contribution in [2.75, 3.05) is 6.54 Å². The Balaban J connectivity index is 2.10. The van der Waals surface area contributed by atoms with Crippen LogP contribution in [-0.2, 0) is 6.54 Å². The highest BCUT2D eigenvalue weighted by atomic mass is 19.4. The second-order valence-corrected chi connectivity index (χ2v) is 4.92. The molecule has 3 N–H and O–H groups in total. The van der Waals surface area contributed by atoms with Gasteiger partial charge in [0.2, 0.25) is 0 Å². The molecule has 0 saturated heterocycles. The smallest absolute Gasteiger partial charge is 0.401 e. The summed E-state index contributed by atoms with van der Waals surface area (Å²) in [7, 11) is 0. The number of nitrogen functional groups attached to an aromatic ring is 1. The summed E-state index contributed by atoms with van der Waals surface area (Å²) in [6.07, 6.45) is -2.70. The van der Waals surface area contributed by atoms with Gasteiger partial charge in [0.05, 0.1) is 6.54 Å². The minimum absolute atomic E-state index is 0.00255. The van der Waals surface area contributed by atoms with Crippen LogP contribution in [0.1, 0.15) is 34.7 Å². The summed E-state index contributed by atoms with van der Waals surface area (Å²) >= 11 is 0. The van der Waals surface area contributed by atoms with Gasteiger partial charge in [0.25, 0.3) is 0 Å². The number of nitrogens with zero attached hydrogens (tertiary/aromatic N) is 1. The van der Waals surface area contributed by atoms with Gasteiger partial charge in [-0.15, -0.1) is 0 Å². The van der Waals surface area contributed by atoms with Gasteiger partial charge in [-0.25, -0.2) is 5.84 Å². The van der Waals surface area contributed by atoms with Gasteiger partial charge in [0, 0.05) is 18.2 Å². The van der Waals surface area contributed by atoms with Gasteiger partial charge in [-0.2, -0.15) is 13.2 Å². The molecule has 1 saturated carbocycles. The molecular formula is C12H16F3N3O2. The first kappa shape index (κ1) is 14.9. The van der Waals surface area contributed by atoms with Gasteiger partial charge in [-0.3, -0.25) is 15.1 Å². The van der Waals surface area contributed by atoms with Gasteiger partial charge >= 0.3 is 12.1 Å². The van der Waals surface area contributed by atoms with Crippen LogP contribution in [0.5, 0.6) is 0 Å². The quantitative estimate of drug-likeness (QED) is 0.492. The lowest BCUT2D eigenvalue weighted by Gasteiger charge is -2.22. The van der Waals surface area contributed by atoms with Gasteiger partial charge in [0.1, 0.15) is 5.76 Å². The Kier molecular flexibility index (Phi) is 4.05. The molecule has 2 rings (SSSR count). The molecule has 1 aliphatic rings. The molecule has 5 nitrogen and oxygen atoms in total. The summed E-state index contributed by atoms with van der Waals surface area (Å²) in [5.74, 6) is 4.81. The summed E-state index contributed by atoms with van der Waals surface area (Å²) in [6.45, 7) is 0.763. The molecule has 0 atom stereocenters. The first-order chi connectivity index (χ1) is 9.30. The minimum Gasteiger partial charge on any atom is -0.456 e. The molecular weight excluding hydrogens is 275 g/mol. The number of halogens is 3. The van der Waals surface area contributed by atoms with Crippen LogP contribution in [0.25, 0.3) is 0 Å². The summed E-state index contributed by atoms with van der Waals surface area (Å²) in [5.41, 5.74) is 2.49. The van der Waals surface area contributed by atoms with Crippen LogP contribution in [0.3, 0.4) is 0 Å². The number of aryl methyl sites for hydroxylation is 1. The van der Waals surface area contributed by atoms with Crippen LogP contribution in [0.4, 0.5) is 13.2 Å². The number of nitrogens with two attached hydrogens (primary N) is 1. The molecule has 8 heteroatoms. The van der Waals surface area contributed by atoms with Gasteiger partial charge < -0.3 is 4.42 Å². The predicted molar refractivity (Wildman–Crippen MR) is 64.6 cm³/mol. The number of carbonyl (C=O) groups excluding carboxylic acids is 1. The molecule has 0 aliphatic heterocycles. The van der Waals surface area contributed by atoms with Crippen LogP contribution in [0.15, 0.2) is 10.5 Å². The van der Waals surface area contributed by atoms with Crippen LogP contribution in [-0.4, -0.2) is 29.6 Å². The number of nitrogens with one attached hydrogen (secondary N) is 1. The lowest BCUT2D eigenvalue weighted by molar-refractivity contribution is -0.148. The highest BCUT2D eigenvalue weighted by Gasteiger charge is 2.38. The van der Waals surface area contributed by atoms with Gasteiger partial charge in [0.15, 0.2) is 5.76 Å². The Morgan fingerprint density at radius 3 is 2.70 bits per heavy atom. The number of carbonyl (C=O) groups is 1. The maximum Gasteiger partial charge on any atom is 0.401 e. The Bertz CT molecular complexity index is 495. The van der Waals surface area contributed by atoms with Crippen molar-refractivity contribution in [2.45, 2.75) is 38.5 Å². The van der Waals surface area contributed by atoms with Crippen molar-refractivity contribution < 1.29 is 22.4 Å². The fourth-order valence-electron chi connectivity index (χ4n) is 2.06. The monoisotopic (exact) mass is 291 g/mol. The molecule has 20 heavy (non-hydrogen) atoms. The number of alkyl halides is 3.